The third-order valence-electron chi connectivity index (χ3n) is 5.95. The Morgan fingerprint density at radius 3 is 2.62 bits per heavy atom. The van der Waals surface area contributed by atoms with Crippen LogP contribution in [0.4, 0.5) is 0 Å². The Bertz CT molecular complexity index is 583. The van der Waals surface area contributed by atoms with Crippen LogP contribution in [0.2, 0.25) is 0 Å². The summed E-state index contributed by atoms with van der Waals surface area (Å²) >= 11 is 0. The Morgan fingerprint density at radius 2 is 2.00 bits per heavy atom. The Labute approximate surface area is 127 Å². The Balaban J connectivity index is 1.86. The highest BCUT2D eigenvalue weighted by Gasteiger charge is 2.65. The van der Waals surface area contributed by atoms with Gasteiger partial charge in [-0.05, 0) is 50.7 Å². The standard InChI is InChI=1S/C19H26O2/c1-13-10-18(5)15-9-7-6-8-14(15)11-19(13,18)12-21-16(20)17(2,3)4/h6-9,13H,10-12H2,1-5H3/t13-,18+,19-/m0/s1. The first-order valence-corrected chi connectivity index (χ1v) is 7.96. The van der Waals surface area contributed by atoms with Crippen molar-refractivity contribution in [2.45, 2.75) is 52.9 Å². The maximum Gasteiger partial charge on any atom is 0.311 e. The van der Waals surface area contributed by atoms with Crippen molar-refractivity contribution in [1.82, 2.24) is 0 Å². The molecule has 3 rings (SSSR count). The van der Waals surface area contributed by atoms with E-state index >= 15 is 0 Å². The van der Waals surface area contributed by atoms with Crippen LogP contribution in [0.15, 0.2) is 24.3 Å². The highest BCUT2D eigenvalue weighted by atomic mass is 16.5. The average molecular weight is 286 g/mol. The molecule has 2 heteroatoms. The van der Waals surface area contributed by atoms with Gasteiger partial charge in [0.05, 0.1) is 12.0 Å². The van der Waals surface area contributed by atoms with E-state index in [9.17, 15) is 4.79 Å². The Hall–Kier alpha value is -1.31. The summed E-state index contributed by atoms with van der Waals surface area (Å²) in [6.07, 6.45) is 2.23. The average Bonchev–Trinajstić information content (AvgIpc) is 2.61. The van der Waals surface area contributed by atoms with Crippen molar-refractivity contribution in [1.29, 1.82) is 0 Å². The highest BCUT2D eigenvalue weighted by molar-refractivity contribution is 5.75. The predicted molar refractivity (Wildman–Crippen MR) is 84.1 cm³/mol. The van der Waals surface area contributed by atoms with Gasteiger partial charge in [0.2, 0.25) is 0 Å². The van der Waals surface area contributed by atoms with Gasteiger partial charge in [-0.25, -0.2) is 0 Å². The van der Waals surface area contributed by atoms with Gasteiger partial charge in [-0.1, -0.05) is 38.1 Å². The summed E-state index contributed by atoms with van der Waals surface area (Å²) in [6.45, 7) is 11.0. The zero-order valence-electron chi connectivity index (χ0n) is 13.8. The molecule has 1 aromatic rings. The molecule has 0 aliphatic heterocycles. The molecule has 1 aromatic carbocycles. The van der Waals surface area contributed by atoms with Gasteiger partial charge in [0.15, 0.2) is 0 Å². The third kappa shape index (κ3) is 1.88. The lowest BCUT2D eigenvalue weighted by Crippen LogP contribution is -2.59. The molecule has 21 heavy (non-hydrogen) atoms. The first kappa shape index (κ1) is 14.6. The van der Waals surface area contributed by atoms with Crippen molar-refractivity contribution < 1.29 is 9.53 Å². The van der Waals surface area contributed by atoms with E-state index in [1.165, 1.54) is 17.5 Å². The number of benzene rings is 1. The van der Waals surface area contributed by atoms with E-state index in [-0.39, 0.29) is 16.8 Å². The molecule has 0 N–H and O–H groups in total. The molecule has 3 atom stereocenters. The van der Waals surface area contributed by atoms with E-state index in [0.29, 0.717) is 12.5 Å². The van der Waals surface area contributed by atoms with Crippen molar-refractivity contribution >= 4 is 5.97 Å². The summed E-state index contributed by atoms with van der Waals surface area (Å²) < 4.78 is 5.74. The summed E-state index contributed by atoms with van der Waals surface area (Å²) in [6, 6.07) is 8.74. The molecule has 1 saturated carbocycles. The van der Waals surface area contributed by atoms with Crippen LogP contribution < -0.4 is 0 Å². The predicted octanol–water partition coefficient (Wildman–Crippen LogP) is 4.12. The molecule has 0 unspecified atom stereocenters. The van der Waals surface area contributed by atoms with Gasteiger partial charge in [0, 0.05) is 10.8 Å². The maximum absolute atomic E-state index is 12.2. The number of rotatable bonds is 2. The monoisotopic (exact) mass is 286 g/mol. The Kier molecular flexibility index (Phi) is 3.02. The number of esters is 1. The van der Waals surface area contributed by atoms with Crippen LogP contribution in [-0.4, -0.2) is 12.6 Å². The van der Waals surface area contributed by atoms with Crippen LogP contribution in [-0.2, 0) is 21.4 Å². The van der Waals surface area contributed by atoms with Gasteiger partial charge in [0.25, 0.3) is 0 Å². The number of hydrogen-bond acceptors (Lipinski definition) is 2. The molecule has 0 radical (unpaired) electrons. The van der Waals surface area contributed by atoms with E-state index in [4.69, 9.17) is 4.74 Å². The van der Waals surface area contributed by atoms with E-state index < -0.39 is 5.41 Å². The zero-order chi connectivity index (χ0) is 15.5. The smallest absolute Gasteiger partial charge is 0.311 e. The number of carbonyl (C=O) groups is 1. The van der Waals surface area contributed by atoms with Crippen molar-refractivity contribution in [3.63, 3.8) is 0 Å². The van der Waals surface area contributed by atoms with Crippen LogP contribution in [0.5, 0.6) is 0 Å². The fourth-order valence-corrected chi connectivity index (χ4v) is 4.49. The fourth-order valence-electron chi connectivity index (χ4n) is 4.49. The molecular weight excluding hydrogens is 260 g/mol. The summed E-state index contributed by atoms with van der Waals surface area (Å²) in [7, 11) is 0. The lowest BCUT2D eigenvalue weighted by molar-refractivity contribution is -0.168. The zero-order valence-corrected chi connectivity index (χ0v) is 13.8. The fraction of sp³-hybridized carbons (Fsp3) is 0.632. The molecule has 114 valence electrons. The molecule has 0 amide bonds. The van der Waals surface area contributed by atoms with Crippen LogP contribution in [0.3, 0.4) is 0 Å². The van der Waals surface area contributed by atoms with E-state index in [1.54, 1.807) is 0 Å². The molecular formula is C19H26O2. The van der Waals surface area contributed by atoms with Gasteiger partial charge in [-0.3, -0.25) is 4.79 Å². The van der Waals surface area contributed by atoms with E-state index in [1.807, 2.05) is 20.8 Å². The Morgan fingerprint density at radius 1 is 1.33 bits per heavy atom. The van der Waals surface area contributed by atoms with Gasteiger partial charge in [-0.15, -0.1) is 0 Å². The maximum atomic E-state index is 12.2. The normalized spacial score (nSPS) is 33.9. The number of hydrogen-bond donors (Lipinski definition) is 0. The third-order valence-corrected chi connectivity index (χ3v) is 5.95. The van der Waals surface area contributed by atoms with Gasteiger partial charge in [-0.2, -0.15) is 0 Å². The SMILES string of the molecule is C[C@H]1C[C@]2(C)c3ccccc3C[C@]12COC(=O)C(C)(C)C. The van der Waals surface area contributed by atoms with Crippen molar-refractivity contribution in [2.24, 2.45) is 16.7 Å². The van der Waals surface area contributed by atoms with Crippen molar-refractivity contribution in [3.05, 3.63) is 35.4 Å². The van der Waals surface area contributed by atoms with Crippen molar-refractivity contribution in [3.8, 4) is 0 Å². The highest BCUT2D eigenvalue weighted by Crippen LogP contribution is 2.67. The topological polar surface area (TPSA) is 26.3 Å². The molecule has 2 aliphatic rings. The summed E-state index contributed by atoms with van der Waals surface area (Å²) in [4.78, 5) is 12.2. The first-order chi connectivity index (χ1) is 9.71. The first-order valence-electron chi connectivity index (χ1n) is 7.96. The molecule has 0 bridgehead atoms. The minimum atomic E-state index is -0.425. The van der Waals surface area contributed by atoms with E-state index in [0.717, 1.165) is 6.42 Å². The molecule has 0 aromatic heterocycles. The summed E-state index contributed by atoms with van der Waals surface area (Å²) in [5.41, 5.74) is 2.75. The van der Waals surface area contributed by atoms with Gasteiger partial charge in [0.1, 0.15) is 0 Å². The molecule has 1 fully saturated rings. The van der Waals surface area contributed by atoms with Crippen LogP contribution >= 0.6 is 0 Å². The van der Waals surface area contributed by atoms with E-state index in [2.05, 4.69) is 38.1 Å². The number of fused-ring (bicyclic) bond motifs is 3. The van der Waals surface area contributed by atoms with Crippen LogP contribution in [0.1, 0.15) is 52.2 Å². The second-order valence-corrected chi connectivity index (χ2v) is 8.25. The minimum absolute atomic E-state index is 0.0886. The number of ether oxygens (including phenoxy) is 1. The minimum Gasteiger partial charge on any atom is -0.465 e. The van der Waals surface area contributed by atoms with Gasteiger partial charge >= 0.3 is 5.97 Å². The molecule has 0 spiro atoms. The second kappa shape index (κ2) is 4.34. The summed E-state index contributed by atoms with van der Waals surface area (Å²) in [5, 5.41) is 0. The summed E-state index contributed by atoms with van der Waals surface area (Å²) in [5.74, 6) is 0.511. The van der Waals surface area contributed by atoms with Crippen molar-refractivity contribution in [2.75, 3.05) is 6.61 Å². The molecule has 2 aliphatic carbocycles. The van der Waals surface area contributed by atoms with Crippen LogP contribution in [0.25, 0.3) is 0 Å². The van der Waals surface area contributed by atoms with Crippen LogP contribution in [0, 0.1) is 16.7 Å². The molecule has 2 nitrogen and oxygen atoms in total. The quantitative estimate of drug-likeness (QED) is 0.765. The molecule has 0 heterocycles. The molecule has 0 saturated heterocycles. The van der Waals surface area contributed by atoms with Gasteiger partial charge < -0.3 is 4.74 Å². The number of carbonyl (C=O) groups excluding carboxylic acids is 1. The lowest BCUT2D eigenvalue weighted by atomic mass is 9.45. The largest absolute Gasteiger partial charge is 0.465 e. The lowest BCUT2D eigenvalue weighted by Gasteiger charge is -2.59. The second-order valence-electron chi connectivity index (χ2n) is 8.25.